The van der Waals surface area contributed by atoms with E-state index in [1.807, 2.05) is 0 Å². The van der Waals surface area contributed by atoms with Gasteiger partial charge >= 0.3 is 5.97 Å². The third kappa shape index (κ3) is 3.01. The second-order valence-corrected chi connectivity index (χ2v) is 3.80. The van der Waals surface area contributed by atoms with E-state index in [9.17, 15) is 9.59 Å². The van der Waals surface area contributed by atoms with Crippen LogP contribution in [0, 0.1) is 0 Å². The van der Waals surface area contributed by atoms with E-state index in [0.29, 0.717) is 5.76 Å². The maximum atomic E-state index is 12.0. The van der Waals surface area contributed by atoms with Gasteiger partial charge in [-0.25, -0.2) is 4.79 Å². The molecule has 1 N–H and O–H groups in total. The molecule has 0 bridgehead atoms. The molecule has 19 heavy (non-hydrogen) atoms. The van der Waals surface area contributed by atoms with Crippen LogP contribution < -0.4 is 5.32 Å². The lowest BCUT2D eigenvalue weighted by Crippen LogP contribution is -2.25. The molecule has 1 heterocycles. The number of nitrogens with one attached hydrogen (secondary N) is 1. The zero-order chi connectivity index (χ0) is 13.7. The second-order valence-electron chi connectivity index (χ2n) is 3.80. The van der Waals surface area contributed by atoms with Crippen LogP contribution in [0.4, 0.5) is 0 Å². The Hall–Kier alpha value is -2.56. The highest BCUT2D eigenvalue weighted by Crippen LogP contribution is 2.10. The lowest BCUT2D eigenvalue weighted by atomic mass is 10.1. The van der Waals surface area contributed by atoms with Gasteiger partial charge in [-0.3, -0.25) is 4.79 Å². The van der Waals surface area contributed by atoms with E-state index in [2.05, 4.69) is 10.1 Å². The van der Waals surface area contributed by atoms with E-state index in [1.54, 1.807) is 36.4 Å². The van der Waals surface area contributed by atoms with Gasteiger partial charge in [0, 0.05) is 0 Å². The van der Waals surface area contributed by atoms with E-state index >= 15 is 0 Å². The molecule has 2 aromatic rings. The number of amides is 1. The Balaban J connectivity index is 2.12. The number of methoxy groups -OCH3 is 1. The first-order valence-corrected chi connectivity index (χ1v) is 5.70. The molecule has 0 saturated carbocycles. The lowest BCUT2D eigenvalue weighted by molar-refractivity contribution is 0.0596. The Bertz CT molecular complexity index is 575. The number of esters is 1. The van der Waals surface area contributed by atoms with Crippen LogP contribution in [-0.4, -0.2) is 19.0 Å². The second kappa shape index (κ2) is 5.86. The van der Waals surface area contributed by atoms with Crippen molar-refractivity contribution >= 4 is 11.9 Å². The summed E-state index contributed by atoms with van der Waals surface area (Å²) in [5, 5.41) is 2.68. The highest BCUT2D eigenvalue weighted by atomic mass is 16.5. The van der Waals surface area contributed by atoms with Gasteiger partial charge in [-0.1, -0.05) is 12.1 Å². The Morgan fingerprint density at radius 2 is 1.89 bits per heavy atom. The highest BCUT2D eigenvalue weighted by molar-refractivity contribution is 6.05. The van der Waals surface area contributed by atoms with Crippen LogP contribution in [-0.2, 0) is 11.3 Å². The number of hydrogen-bond acceptors (Lipinski definition) is 4. The van der Waals surface area contributed by atoms with E-state index in [4.69, 9.17) is 4.42 Å². The molecule has 98 valence electrons. The molecule has 0 spiro atoms. The molecule has 0 fully saturated rings. The quantitative estimate of drug-likeness (QED) is 0.853. The van der Waals surface area contributed by atoms with Crippen LogP contribution in [0.2, 0.25) is 0 Å². The maximum Gasteiger partial charge on any atom is 0.338 e. The number of carbonyl (C=O) groups excluding carboxylic acids is 2. The first-order valence-electron chi connectivity index (χ1n) is 5.70. The summed E-state index contributed by atoms with van der Waals surface area (Å²) in [6.07, 6.45) is 1.53. The van der Waals surface area contributed by atoms with E-state index in [0.717, 1.165) is 0 Å². The van der Waals surface area contributed by atoms with Gasteiger partial charge in [-0.05, 0) is 24.3 Å². The molecule has 5 heteroatoms. The minimum absolute atomic E-state index is 0.238. The monoisotopic (exact) mass is 259 g/mol. The van der Waals surface area contributed by atoms with Crippen molar-refractivity contribution in [2.45, 2.75) is 6.54 Å². The Labute approximate surface area is 110 Å². The Kier molecular flexibility index (Phi) is 3.97. The fraction of sp³-hybridized carbons (Fsp3) is 0.143. The van der Waals surface area contributed by atoms with Crippen LogP contribution in [0.1, 0.15) is 26.5 Å². The Morgan fingerprint density at radius 1 is 1.16 bits per heavy atom. The molecule has 0 saturated heterocycles. The molecule has 1 aromatic carbocycles. The van der Waals surface area contributed by atoms with Crippen LogP contribution in [0.3, 0.4) is 0 Å². The smallest absolute Gasteiger partial charge is 0.338 e. The topological polar surface area (TPSA) is 68.5 Å². The van der Waals surface area contributed by atoms with Crippen molar-refractivity contribution in [1.29, 1.82) is 0 Å². The molecule has 1 amide bonds. The highest BCUT2D eigenvalue weighted by Gasteiger charge is 2.16. The third-order valence-corrected chi connectivity index (χ3v) is 2.58. The SMILES string of the molecule is COC(=O)c1ccccc1C(=O)NCc1ccco1. The largest absolute Gasteiger partial charge is 0.467 e. The summed E-state index contributed by atoms with van der Waals surface area (Å²) < 4.78 is 9.75. The normalized spacial score (nSPS) is 9.95. The van der Waals surface area contributed by atoms with Gasteiger partial charge < -0.3 is 14.5 Å². The van der Waals surface area contributed by atoms with E-state index in [-0.39, 0.29) is 23.6 Å². The van der Waals surface area contributed by atoms with Gasteiger partial charge in [0.15, 0.2) is 0 Å². The minimum atomic E-state index is -0.538. The van der Waals surface area contributed by atoms with Crippen molar-refractivity contribution in [2.75, 3.05) is 7.11 Å². The maximum absolute atomic E-state index is 12.0. The standard InChI is InChI=1S/C14H13NO4/c1-18-14(17)12-7-3-2-6-11(12)13(16)15-9-10-5-4-8-19-10/h2-8H,9H2,1H3,(H,15,16). The predicted octanol–water partition coefficient (Wildman–Crippen LogP) is 2.00. The molecule has 0 aliphatic heterocycles. The van der Waals surface area contributed by atoms with Crippen LogP contribution >= 0.6 is 0 Å². The number of carbonyl (C=O) groups is 2. The summed E-state index contributed by atoms with van der Waals surface area (Å²) in [6, 6.07) is 9.98. The molecule has 0 radical (unpaired) electrons. The fourth-order valence-corrected chi connectivity index (χ4v) is 1.64. The molecular weight excluding hydrogens is 246 g/mol. The summed E-state index contributed by atoms with van der Waals surface area (Å²) in [5.74, 6) is -0.245. The van der Waals surface area contributed by atoms with E-state index in [1.165, 1.54) is 13.4 Å². The molecule has 0 aliphatic carbocycles. The number of furan rings is 1. The number of rotatable bonds is 4. The van der Waals surface area contributed by atoms with Crippen molar-refractivity contribution in [1.82, 2.24) is 5.32 Å². The van der Waals surface area contributed by atoms with Crippen LogP contribution in [0.5, 0.6) is 0 Å². The molecule has 1 aromatic heterocycles. The summed E-state index contributed by atoms with van der Waals surface area (Å²) in [5.41, 5.74) is 0.517. The zero-order valence-corrected chi connectivity index (χ0v) is 10.4. The van der Waals surface area contributed by atoms with Gasteiger partial charge in [-0.15, -0.1) is 0 Å². The molecule has 0 atom stereocenters. The zero-order valence-electron chi connectivity index (χ0n) is 10.4. The predicted molar refractivity (Wildman–Crippen MR) is 67.7 cm³/mol. The molecule has 0 aliphatic rings. The molecule has 5 nitrogen and oxygen atoms in total. The van der Waals surface area contributed by atoms with Crippen molar-refractivity contribution in [3.63, 3.8) is 0 Å². The summed E-state index contributed by atoms with van der Waals surface area (Å²) in [4.78, 5) is 23.6. The number of ether oxygens (including phenoxy) is 1. The minimum Gasteiger partial charge on any atom is -0.467 e. The third-order valence-electron chi connectivity index (χ3n) is 2.58. The molecule has 0 unspecified atom stereocenters. The van der Waals surface area contributed by atoms with Crippen LogP contribution in [0.15, 0.2) is 47.1 Å². The summed E-state index contributed by atoms with van der Waals surface area (Å²) in [6.45, 7) is 0.265. The van der Waals surface area contributed by atoms with Crippen LogP contribution in [0.25, 0.3) is 0 Å². The van der Waals surface area contributed by atoms with Crippen molar-refractivity contribution in [2.24, 2.45) is 0 Å². The van der Waals surface area contributed by atoms with Crippen molar-refractivity contribution < 1.29 is 18.7 Å². The Morgan fingerprint density at radius 3 is 2.53 bits per heavy atom. The van der Waals surface area contributed by atoms with Gasteiger partial charge in [0.1, 0.15) is 5.76 Å². The van der Waals surface area contributed by atoms with Crippen molar-refractivity contribution in [3.8, 4) is 0 Å². The van der Waals surface area contributed by atoms with E-state index < -0.39 is 5.97 Å². The average Bonchev–Trinajstić information content (AvgIpc) is 2.97. The van der Waals surface area contributed by atoms with Gasteiger partial charge in [0.25, 0.3) is 5.91 Å². The molecular formula is C14H13NO4. The van der Waals surface area contributed by atoms with Gasteiger partial charge in [0.05, 0.1) is 31.0 Å². The van der Waals surface area contributed by atoms with Gasteiger partial charge in [0.2, 0.25) is 0 Å². The summed E-state index contributed by atoms with van der Waals surface area (Å²) in [7, 11) is 1.28. The summed E-state index contributed by atoms with van der Waals surface area (Å²) >= 11 is 0. The number of benzene rings is 1. The fourth-order valence-electron chi connectivity index (χ4n) is 1.64. The van der Waals surface area contributed by atoms with Gasteiger partial charge in [-0.2, -0.15) is 0 Å². The first kappa shape index (κ1) is 12.9. The average molecular weight is 259 g/mol. The molecule has 2 rings (SSSR count). The lowest BCUT2D eigenvalue weighted by Gasteiger charge is -2.07. The first-order chi connectivity index (χ1) is 9.22. The number of hydrogen-bond donors (Lipinski definition) is 1. The van der Waals surface area contributed by atoms with Crippen molar-refractivity contribution in [3.05, 3.63) is 59.5 Å².